The zero-order valence-corrected chi connectivity index (χ0v) is 10.7. The molecule has 1 aromatic heterocycles. The van der Waals surface area contributed by atoms with Gasteiger partial charge in [0.25, 0.3) is 0 Å². The Kier molecular flexibility index (Phi) is 3.58. The lowest BCUT2D eigenvalue weighted by molar-refractivity contribution is 0.858. The normalized spacial score (nSPS) is 12.7. The number of aromatic nitrogens is 1. The van der Waals surface area contributed by atoms with Crippen LogP contribution in [0.25, 0.3) is 0 Å². The van der Waals surface area contributed by atoms with Crippen molar-refractivity contribution in [3.63, 3.8) is 0 Å². The van der Waals surface area contributed by atoms with E-state index in [0.717, 1.165) is 0 Å². The van der Waals surface area contributed by atoms with Crippen molar-refractivity contribution in [1.82, 2.24) is 4.98 Å². The van der Waals surface area contributed by atoms with Crippen molar-refractivity contribution in [1.29, 1.82) is 0 Å². The number of hydrogen-bond donors (Lipinski definition) is 0. The molecule has 17 heavy (non-hydrogen) atoms. The molecule has 0 saturated carbocycles. The van der Waals surface area contributed by atoms with Crippen molar-refractivity contribution in [2.45, 2.75) is 32.6 Å². The quantitative estimate of drug-likeness (QED) is 0.756. The smallest absolute Gasteiger partial charge is 0.0270 e. The van der Waals surface area contributed by atoms with Crippen LogP contribution in [0.2, 0.25) is 0 Å². The average Bonchev–Trinajstić information content (AvgIpc) is 2.39. The molecule has 1 aromatic carbocycles. The van der Waals surface area contributed by atoms with Gasteiger partial charge in [-0.2, -0.15) is 0 Å². The summed E-state index contributed by atoms with van der Waals surface area (Å²) in [5, 5.41) is 0. The van der Waals surface area contributed by atoms with Crippen LogP contribution in [0.15, 0.2) is 48.8 Å². The van der Waals surface area contributed by atoms with E-state index >= 15 is 0 Å². The maximum absolute atomic E-state index is 4.06. The van der Waals surface area contributed by atoms with Crippen molar-refractivity contribution in [2.24, 2.45) is 0 Å². The van der Waals surface area contributed by atoms with E-state index in [-0.39, 0.29) is 0 Å². The van der Waals surface area contributed by atoms with E-state index in [1.165, 1.54) is 16.7 Å². The monoisotopic (exact) mass is 225 g/mol. The Morgan fingerprint density at radius 3 is 1.71 bits per heavy atom. The largest absolute Gasteiger partial charge is 0.265 e. The summed E-state index contributed by atoms with van der Waals surface area (Å²) in [6.45, 7) is 6.68. The summed E-state index contributed by atoms with van der Waals surface area (Å²) < 4.78 is 0. The summed E-state index contributed by atoms with van der Waals surface area (Å²) in [6.07, 6.45) is 3.71. The Hall–Kier alpha value is -1.63. The summed E-state index contributed by atoms with van der Waals surface area (Å²) >= 11 is 0. The zero-order chi connectivity index (χ0) is 12.3. The van der Waals surface area contributed by atoms with Gasteiger partial charge in [-0.3, -0.25) is 4.98 Å². The number of nitrogens with zero attached hydrogens (tertiary/aromatic N) is 1. The predicted octanol–water partition coefficient (Wildman–Crippen LogP) is 4.36. The third-order valence-corrected chi connectivity index (χ3v) is 3.31. The van der Waals surface area contributed by atoms with Gasteiger partial charge in [0.1, 0.15) is 0 Å². The first-order chi connectivity index (χ1) is 8.18. The van der Waals surface area contributed by atoms with Crippen LogP contribution >= 0.6 is 0 Å². The molecule has 0 fully saturated rings. The molecule has 0 bridgehead atoms. The lowest BCUT2D eigenvalue weighted by atomic mass is 9.92. The molecule has 0 aliphatic rings. The number of benzene rings is 1. The summed E-state index contributed by atoms with van der Waals surface area (Å²) in [5.74, 6) is 1.03. The summed E-state index contributed by atoms with van der Waals surface area (Å²) in [5.41, 5.74) is 4.08. The van der Waals surface area contributed by atoms with E-state index in [4.69, 9.17) is 0 Å². The van der Waals surface area contributed by atoms with Gasteiger partial charge in [0.2, 0.25) is 0 Å². The van der Waals surface area contributed by atoms with Crippen molar-refractivity contribution >= 4 is 0 Å². The van der Waals surface area contributed by atoms with Crippen LogP contribution in [0, 0.1) is 0 Å². The second-order valence-corrected chi connectivity index (χ2v) is 4.82. The first-order valence-electron chi connectivity index (χ1n) is 6.18. The molecule has 0 amide bonds. The molecule has 0 radical (unpaired) electrons. The highest BCUT2D eigenvalue weighted by atomic mass is 14.6. The molecular formula is C16H19N. The SMILES string of the molecule is CC(C)c1ccc(C(C)c2ccncc2)cc1. The van der Waals surface area contributed by atoms with Crippen LogP contribution in [0.1, 0.15) is 49.3 Å². The molecular weight excluding hydrogens is 206 g/mol. The molecule has 1 heterocycles. The van der Waals surface area contributed by atoms with Gasteiger partial charge in [-0.25, -0.2) is 0 Å². The highest BCUT2D eigenvalue weighted by Crippen LogP contribution is 2.25. The van der Waals surface area contributed by atoms with Gasteiger partial charge in [-0.05, 0) is 34.7 Å². The van der Waals surface area contributed by atoms with E-state index in [9.17, 15) is 0 Å². The molecule has 0 spiro atoms. The zero-order valence-electron chi connectivity index (χ0n) is 10.7. The second kappa shape index (κ2) is 5.13. The maximum atomic E-state index is 4.06. The highest BCUT2D eigenvalue weighted by Gasteiger charge is 2.08. The van der Waals surface area contributed by atoms with Gasteiger partial charge < -0.3 is 0 Å². The minimum absolute atomic E-state index is 0.430. The topological polar surface area (TPSA) is 12.9 Å². The second-order valence-electron chi connectivity index (χ2n) is 4.82. The molecule has 1 atom stereocenters. The molecule has 0 saturated heterocycles. The van der Waals surface area contributed by atoms with E-state index in [1.807, 2.05) is 12.4 Å². The third-order valence-electron chi connectivity index (χ3n) is 3.31. The first-order valence-corrected chi connectivity index (χ1v) is 6.18. The van der Waals surface area contributed by atoms with Crippen molar-refractivity contribution < 1.29 is 0 Å². The van der Waals surface area contributed by atoms with Gasteiger partial charge in [-0.15, -0.1) is 0 Å². The Bertz CT molecular complexity index is 457. The summed E-state index contributed by atoms with van der Waals surface area (Å²) in [7, 11) is 0. The van der Waals surface area contributed by atoms with Crippen molar-refractivity contribution in [3.05, 3.63) is 65.5 Å². The molecule has 1 unspecified atom stereocenters. The minimum Gasteiger partial charge on any atom is -0.265 e. The Morgan fingerprint density at radius 2 is 1.18 bits per heavy atom. The van der Waals surface area contributed by atoms with Gasteiger partial charge in [0.15, 0.2) is 0 Å². The molecule has 1 heteroatoms. The fraction of sp³-hybridized carbons (Fsp3) is 0.312. The van der Waals surface area contributed by atoms with Crippen molar-refractivity contribution in [3.8, 4) is 0 Å². The fourth-order valence-corrected chi connectivity index (χ4v) is 2.01. The maximum Gasteiger partial charge on any atom is 0.0270 e. The molecule has 0 aliphatic carbocycles. The highest BCUT2D eigenvalue weighted by molar-refractivity contribution is 5.33. The molecule has 88 valence electrons. The van der Waals surface area contributed by atoms with Crippen LogP contribution in [0.5, 0.6) is 0 Å². The van der Waals surface area contributed by atoms with Gasteiger partial charge >= 0.3 is 0 Å². The Morgan fingerprint density at radius 1 is 0.706 bits per heavy atom. The number of pyridine rings is 1. The fourth-order valence-electron chi connectivity index (χ4n) is 2.01. The lowest BCUT2D eigenvalue weighted by Gasteiger charge is -2.13. The average molecular weight is 225 g/mol. The van der Waals surface area contributed by atoms with Crippen molar-refractivity contribution in [2.75, 3.05) is 0 Å². The van der Waals surface area contributed by atoms with Crippen LogP contribution in [-0.2, 0) is 0 Å². The number of rotatable bonds is 3. The van der Waals surface area contributed by atoms with Gasteiger partial charge in [0, 0.05) is 18.3 Å². The van der Waals surface area contributed by atoms with Gasteiger partial charge in [-0.1, -0.05) is 45.0 Å². The summed E-state index contributed by atoms with van der Waals surface area (Å²) in [6, 6.07) is 13.1. The Balaban J connectivity index is 2.23. The minimum atomic E-state index is 0.430. The Labute approximate surface area is 104 Å². The van der Waals surface area contributed by atoms with Crippen LogP contribution in [0.3, 0.4) is 0 Å². The van der Waals surface area contributed by atoms with Crippen LogP contribution in [-0.4, -0.2) is 4.98 Å². The van der Waals surface area contributed by atoms with E-state index in [1.54, 1.807) is 0 Å². The lowest BCUT2D eigenvalue weighted by Crippen LogP contribution is -1.97. The third kappa shape index (κ3) is 2.73. The number of hydrogen-bond acceptors (Lipinski definition) is 1. The predicted molar refractivity (Wildman–Crippen MR) is 72.3 cm³/mol. The molecule has 2 aromatic rings. The standard InChI is InChI=1S/C16H19N/c1-12(2)14-4-6-15(7-5-14)13(3)16-8-10-17-11-9-16/h4-13H,1-3H3. The molecule has 0 aliphatic heterocycles. The van der Waals surface area contributed by atoms with Crippen LogP contribution < -0.4 is 0 Å². The molecule has 1 nitrogen and oxygen atoms in total. The first kappa shape index (κ1) is 11.8. The van der Waals surface area contributed by atoms with E-state index in [2.05, 4.69) is 62.2 Å². The van der Waals surface area contributed by atoms with E-state index in [0.29, 0.717) is 11.8 Å². The van der Waals surface area contributed by atoms with E-state index < -0.39 is 0 Å². The summed E-state index contributed by atoms with van der Waals surface area (Å²) in [4.78, 5) is 4.06. The van der Waals surface area contributed by atoms with Gasteiger partial charge in [0.05, 0.1) is 0 Å². The molecule has 0 N–H and O–H groups in total. The molecule has 2 rings (SSSR count). The van der Waals surface area contributed by atoms with Crippen LogP contribution in [0.4, 0.5) is 0 Å².